The van der Waals surface area contributed by atoms with Crippen molar-refractivity contribution in [3.05, 3.63) is 36.5 Å². The van der Waals surface area contributed by atoms with E-state index in [1.165, 1.54) is 0 Å². The minimum atomic E-state index is -0.738. The number of aromatic nitrogens is 2. The molecule has 0 amide bonds. The second-order valence-corrected chi connectivity index (χ2v) is 7.95. The van der Waals surface area contributed by atoms with Crippen molar-refractivity contribution in [1.82, 2.24) is 9.78 Å². The first-order valence-corrected chi connectivity index (χ1v) is 8.60. The summed E-state index contributed by atoms with van der Waals surface area (Å²) in [6.45, 7) is 9.17. The van der Waals surface area contributed by atoms with E-state index >= 15 is 0 Å². The molecule has 1 aromatic heterocycles. The molecule has 0 radical (unpaired) electrons. The van der Waals surface area contributed by atoms with Crippen LogP contribution in [0.5, 0.6) is 5.75 Å². The van der Waals surface area contributed by atoms with Crippen LogP contribution in [0.1, 0.15) is 40.5 Å². The molecule has 0 unspecified atom stereocenters. The van der Waals surface area contributed by atoms with Crippen LogP contribution in [-0.2, 0) is 5.41 Å². The summed E-state index contributed by atoms with van der Waals surface area (Å²) in [5.74, 6) is -0.375. The number of hydrogen-bond donors (Lipinski definition) is 0. The minimum Gasteiger partial charge on any atom is -0.488 e. The smallest absolute Gasteiger partial charge is 0.442 e. The maximum absolute atomic E-state index is 12.2. The Kier molecular flexibility index (Phi) is 5.50. The summed E-state index contributed by atoms with van der Waals surface area (Å²) < 4.78 is 11.8. The second-order valence-electron chi connectivity index (χ2n) is 6.44. The molecule has 0 aliphatic rings. The van der Waals surface area contributed by atoms with E-state index in [4.69, 9.17) is 55.6 Å². The van der Waals surface area contributed by atoms with Crippen LogP contribution in [0.4, 0.5) is 0 Å². The minimum absolute atomic E-state index is 0.0144. The average molecular weight is 414 g/mol. The van der Waals surface area contributed by atoms with E-state index in [1.54, 1.807) is 13.8 Å². The van der Waals surface area contributed by atoms with Gasteiger partial charge in [-0.25, -0.2) is 4.79 Å². The molecule has 0 saturated carbocycles. The number of halogens is 4. The van der Waals surface area contributed by atoms with Crippen LogP contribution in [0.25, 0.3) is 5.69 Å². The van der Waals surface area contributed by atoms with Crippen LogP contribution < -0.4 is 10.5 Å². The average Bonchev–Trinajstić information content (AvgIpc) is 2.84. The predicted octanol–water partition coefficient (Wildman–Crippen LogP) is 5.52. The van der Waals surface area contributed by atoms with Gasteiger partial charge in [0.2, 0.25) is 5.89 Å². The summed E-state index contributed by atoms with van der Waals surface area (Å²) in [6, 6.07) is 0. The van der Waals surface area contributed by atoms with Crippen molar-refractivity contribution in [1.29, 1.82) is 0 Å². The zero-order valence-electron chi connectivity index (χ0n) is 13.7. The number of ether oxygens (including phenoxy) is 1. The molecule has 24 heavy (non-hydrogen) atoms. The lowest BCUT2D eigenvalue weighted by Gasteiger charge is -2.17. The van der Waals surface area contributed by atoms with Crippen molar-refractivity contribution >= 4 is 46.4 Å². The molecule has 0 atom stereocenters. The van der Waals surface area contributed by atoms with Gasteiger partial charge in [0.05, 0.1) is 16.1 Å². The molecule has 0 spiro atoms. The van der Waals surface area contributed by atoms with Gasteiger partial charge in [-0.15, -0.1) is 5.10 Å². The van der Waals surface area contributed by atoms with Gasteiger partial charge in [-0.2, -0.15) is 4.68 Å². The van der Waals surface area contributed by atoms with Crippen molar-refractivity contribution in [2.45, 2.75) is 46.1 Å². The van der Waals surface area contributed by atoms with Gasteiger partial charge in [0.25, 0.3) is 0 Å². The number of hydrogen-bond acceptors (Lipinski definition) is 4. The third-order valence-corrected chi connectivity index (χ3v) is 4.61. The second kappa shape index (κ2) is 6.79. The summed E-state index contributed by atoms with van der Waals surface area (Å²) in [4.78, 5) is 12.2. The van der Waals surface area contributed by atoms with Crippen molar-refractivity contribution in [2.75, 3.05) is 0 Å². The fourth-order valence-electron chi connectivity index (χ4n) is 1.85. The zero-order chi connectivity index (χ0) is 18.4. The maximum Gasteiger partial charge on any atom is 0.442 e. The Bertz CT molecular complexity index is 835. The molecular formula is C15H16Cl4N2O3. The van der Waals surface area contributed by atoms with E-state index in [9.17, 15) is 4.79 Å². The molecule has 0 aliphatic carbocycles. The van der Waals surface area contributed by atoms with E-state index in [0.717, 1.165) is 4.68 Å². The highest BCUT2D eigenvalue weighted by atomic mass is 35.5. The largest absolute Gasteiger partial charge is 0.488 e. The van der Waals surface area contributed by atoms with Crippen LogP contribution >= 0.6 is 46.4 Å². The molecule has 2 rings (SSSR count). The monoisotopic (exact) mass is 412 g/mol. The van der Waals surface area contributed by atoms with Gasteiger partial charge in [0, 0.05) is 5.41 Å². The number of nitrogens with zero attached hydrogens (tertiary/aromatic N) is 2. The van der Waals surface area contributed by atoms with Crippen molar-refractivity contribution in [3.63, 3.8) is 0 Å². The van der Waals surface area contributed by atoms with E-state index < -0.39 is 11.2 Å². The van der Waals surface area contributed by atoms with Crippen molar-refractivity contribution in [3.8, 4) is 11.4 Å². The third-order valence-electron chi connectivity index (χ3n) is 2.95. The molecule has 5 nitrogen and oxygen atoms in total. The SMILES string of the molecule is CC(C)Oc1c(Cl)c(Cl)c(Cl)c(-n2nc(C(C)(C)C)oc2=O)c1Cl. The molecule has 0 saturated heterocycles. The van der Waals surface area contributed by atoms with Gasteiger partial charge in [-0.05, 0) is 13.8 Å². The standard InChI is InChI=1S/C15H16Cl4N2O3/c1-6(2)23-12-9(18)7(16)8(17)11(10(12)19)21-14(22)24-13(20-21)15(3,4)5/h6H,1-5H3. The maximum atomic E-state index is 12.2. The number of rotatable bonds is 3. The van der Waals surface area contributed by atoms with Gasteiger partial charge in [0.1, 0.15) is 15.7 Å². The fourth-order valence-corrected chi connectivity index (χ4v) is 2.98. The Balaban J connectivity index is 2.78. The first kappa shape index (κ1) is 19.4. The van der Waals surface area contributed by atoms with Gasteiger partial charge in [-0.1, -0.05) is 67.2 Å². The summed E-state index contributed by atoms with van der Waals surface area (Å²) >= 11 is 24.9. The molecule has 9 heteroatoms. The molecule has 0 aliphatic heterocycles. The number of benzene rings is 1. The van der Waals surface area contributed by atoms with E-state index in [2.05, 4.69) is 5.10 Å². The Morgan fingerprint density at radius 3 is 2.08 bits per heavy atom. The summed E-state index contributed by atoms with van der Waals surface area (Å²) in [6.07, 6.45) is -0.218. The summed E-state index contributed by atoms with van der Waals surface area (Å²) in [5.41, 5.74) is -0.413. The normalized spacial score (nSPS) is 12.1. The first-order chi connectivity index (χ1) is 10.9. The highest BCUT2D eigenvalue weighted by molar-refractivity contribution is 6.51. The van der Waals surface area contributed by atoms with Gasteiger partial charge < -0.3 is 9.15 Å². The van der Waals surface area contributed by atoms with Crippen molar-refractivity contribution < 1.29 is 9.15 Å². The molecule has 132 valence electrons. The highest BCUT2D eigenvalue weighted by Crippen LogP contribution is 2.47. The summed E-state index contributed by atoms with van der Waals surface area (Å²) in [7, 11) is 0. The molecule has 1 aromatic carbocycles. The molecule has 0 fully saturated rings. The lowest BCUT2D eigenvalue weighted by atomic mass is 9.97. The molecular weight excluding hydrogens is 398 g/mol. The van der Waals surface area contributed by atoms with Gasteiger partial charge in [-0.3, -0.25) is 0 Å². The third kappa shape index (κ3) is 3.54. The predicted molar refractivity (Wildman–Crippen MR) is 96.6 cm³/mol. The summed E-state index contributed by atoms with van der Waals surface area (Å²) in [5, 5.41) is 4.27. The Hall–Kier alpha value is -0.880. The van der Waals surface area contributed by atoms with E-state index in [-0.39, 0.29) is 43.5 Å². The molecule has 1 heterocycles. The van der Waals surface area contributed by atoms with Crippen LogP contribution in [0.3, 0.4) is 0 Å². The van der Waals surface area contributed by atoms with Crippen LogP contribution in [0.2, 0.25) is 20.1 Å². The quantitative estimate of drug-likeness (QED) is 0.490. The lowest BCUT2D eigenvalue weighted by molar-refractivity contribution is 0.242. The fraction of sp³-hybridized carbons (Fsp3) is 0.467. The van der Waals surface area contributed by atoms with Gasteiger partial charge >= 0.3 is 5.76 Å². The zero-order valence-corrected chi connectivity index (χ0v) is 16.7. The Labute approximate surface area is 159 Å². The molecule has 0 bridgehead atoms. The van der Waals surface area contributed by atoms with Gasteiger partial charge in [0.15, 0.2) is 5.75 Å². The highest BCUT2D eigenvalue weighted by Gasteiger charge is 2.28. The van der Waals surface area contributed by atoms with Crippen LogP contribution in [-0.4, -0.2) is 15.9 Å². The Morgan fingerprint density at radius 1 is 1.04 bits per heavy atom. The molecule has 0 N–H and O–H groups in total. The topological polar surface area (TPSA) is 57.3 Å². The first-order valence-electron chi connectivity index (χ1n) is 7.08. The van der Waals surface area contributed by atoms with Crippen molar-refractivity contribution in [2.24, 2.45) is 0 Å². The Morgan fingerprint density at radius 2 is 1.62 bits per heavy atom. The van der Waals surface area contributed by atoms with E-state index in [0.29, 0.717) is 0 Å². The van der Waals surface area contributed by atoms with E-state index in [1.807, 2.05) is 20.8 Å². The van der Waals surface area contributed by atoms with Crippen LogP contribution in [0, 0.1) is 0 Å². The van der Waals surface area contributed by atoms with Crippen LogP contribution in [0.15, 0.2) is 9.21 Å². The lowest BCUT2D eigenvalue weighted by Crippen LogP contribution is -2.16. The molecule has 2 aromatic rings.